The van der Waals surface area contributed by atoms with Crippen LogP contribution in [0.4, 0.5) is 5.69 Å². The van der Waals surface area contributed by atoms with Crippen LogP contribution in [0.1, 0.15) is 5.69 Å². The number of fused-ring (bicyclic) bond motifs is 1. The van der Waals surface area contributed by atoms with Crippen molar-refractivity contribution in [3.05, 3.63) is 50.2 Å². The summed E-state index contributed by atoms with van der Waals surface area (Å²) in [5.41, 5.74) is 1.24. The highest BCUT2D eigenvalue weighted by atomic mass is 35.5. The van der Waals surface area contributed by atoms with E-state index in [1.807, 2.05) is 6.92 Å². The molecule has 2 heterocycles. The summed E-state index contributed by atoms with van der Waals surface area (Å²) in [6, 6.07) is 5.23. The molecule has 0 radical (unpaired) electrons. The predicted octanol–water partition coefficient (Wildman–Crippen LogP) is 6.06. The molecule has 0 aliphatic rings. The molecule has 11 heteroatoms. The van der Waals surface area contributed by atoms with Crippen LogP contribution in [0.5, 0.6) is 11.5 Å². The molecule has 0 saturated carbocycles. The van der Waals surface area contributed by atoms with E-state index in [1.165, 1.54) is 18.3 Å². The maximum atomic E-state index is 10.9. The molecular formula is C19H22Cl2N4O4Si. The first kappa shape index (κ1) is 22.5. The van der Waals surface area contributed by atoms with Crippen LogP contribution in [0.15, 0.2) is 24.4 Å². The molecule has 8 nitrogen and oxygen atoms in total. The zero-order chi connectivity index (χ0) is 22.1. The van der Waals surface area contributed by atoms with Gasteiger partial charge in [0.25, 0.3) is 5.69 Å². The van der Waals surface area contributed by atoms with Crippen molar-refractivity contribution in [3.8, 4) is 11.5 Å². The third-order valence-corrected chi connectivity index (χ3v) is 6.64. The monoisotopic (exact) mass is 468 g/mol. The van der Waals surface area contributed by atoms with Crippen molar-refractivity contribution in [2.45, 2.75) is 39.3 Å². The van der Waals surface area contributed by atoms with E-state index < -0.39 is 13.0 Å². The smallest absolute Gasteiger partial charge is 0.272 e. The molecule has 0 bridgehead atoms. The van der Waals surface area contributed by atoms with E-state index in [9.17, 15) is 10.1 Å². The first-order valence-corrected chi connectivity index (χ1v) is 13.7. The lowest BCUT2D eigenvalue weighted by Gasteiger charge is -2.15. The van der Waals surface area contributed by atoms with Gasteiger partial charge in [-0.2, -0.15) is 5.10 Å². The number of pyridine rings is 1. The van der Waals surface area contributed by atoms with Crippen molar-refractivity contribution >= 4 is 48.0 Å². The van der Waals surface area contributed by atoms with Crippen LogP contribution in [0, 0.1) is 17.0 Å². The molecule has 0 aliphatic carbocycles. The fourth-order valence-corrected chi connectivity index (χ4v) is 4.04. The highest BCUT2D eigenvalue weighted by Crippen LogP contribution is 2.39. The van der Waals surface area contributed by atoms with Crippen LogP contribution >= 0.6 is 23.2 Å². The minimum Gasteiger partial charge on any atom is -0.453 e. The number of ether oxygens (including phenoxy) is 2. The van der Waals surface area contributed by atoms with E-state index in [0.717, 1.165) is 17.1 Å². The summed E-state index contributed by atoms with van der Waals surface area (Å²) < 4.78 is 13.3. The maximum absolute atomic E-state index is 10.9. The standard InChI is InChI=1S/C19H22Cl2N4O4Si/c1-12-15-9-14(29-18-16(20)7-13(25(26)27)8-17(18)21)10-22-19(15)24(23-12)11-28-5-6-30(2,3)4/h7-10H,5-6,11H2,1-4H3. The topological polar surface area (TPSA) is 92.3 Å². The normalized spacial score (nSPS) is 11.8. The van der Waals surface area contributed by atoms with Crippen LogP contribution in [0.3, 0.4) is 0 Å². The number of halogens is 2. The Bertz CT molecular complexity index is 1080. The Morgan fingerprint density at radius 1 is 1.20 bits per heavy atom. The maximum Gasteiger partial charge on any atom is 0.272 e. The highest BCUT2D eigenvalue weighted by Gasteiger charge is 2.18. The van der Waals surface area contributed by atoms with E-state index in [2.05, 4.69) is 29.7 Å². The van der Waals surface area contributed by atoms with E-state index in [0.29, 0.717) is 24.7 Å². The van der Waals surface area contributed by atoms with Gasteiger partial charge in [-0.15, -0.1) is 0 Å². The largest absolute Gasteiger partial charge is 0.453 e. The number of aryl methyl sites for hydroxylation is 1. The highest BCUT2D eigenvalue weighted by molar-refractivity contribution is 6.76. The molecule has 1 aromatic carbocycles. The second kappa shape index (κ2) is 8.89. The summed E-state index contributed by atoms with van der Waals surface area (Å²) in [6.07, 6.45) is 1.52. The Labute approximate surface area is 184 Å². The summed E-state index contributed by atoms with van der Waals surface area (Å²) >= 11 is 12.2. The third-order valence-electron chi connectivity index (χ3n) is 4.37. The van der Waals surface area contributed by atoms with Gasteiger partial charge >= 0.3 is 0 Å². The van der Waals surface area contributed by atoms with Gasteiger partial charge in [0.2, 0.25) is 0 Å². The lowest BCUT2D eigenvalue weighted by molar-refractivity contribution is -0.384. The van der Waals surface area contributed by atoms with Gasteiger partial charge in [0, 0.05) is 32.2 Å². The lowest BCUT2D eigenvalue weighted by atomic mass is 10.2. The van der Waals surface area contributed by atoms with Gasteiger partial charge < -0.3 is 9.47 Å². The van der Waals surface area contributed by atoms with Gasteiger partial charge in [-0.25, -0.2) is 9.67 Å². The average Bonchev–Trinajstić information content (AvgIpc) is 2.96. The molecule has 3 aromatic rings. The van der Waals surface area contributed by atoms with Crippen LogP contribution in [-0.4, -0.2) is 34.4 Å². The number of nitro benzene ring substituents is 1. The van der Waals surface area contributed by atoms with E-state index >= 15 is 0 Å². The van der Waals surface area contributed by atoms with E-state index in [-0.39, 0.29) is 21.5 Å². The van der Waals surface area contributed by atoms with Crippen molar-refractivity contribution in [1.82, 2.24) is 14.8 Å². The molecule has 0 saturated heterocycles. The van der Waals surface area contributed by atoms with Crippen molar-refractivity contribution in [1.29, 1.82) is 0 Å². The Morgan fingerprint density at radius 3 is 2.47 bits per heavy atom. The molecule has 0 N–H and O–H groups in total. The zero-order valence-electron chi connectivity index (χ0n) is 17.1. The molecule has 2 aromatic heterocycles. The molecule has 0 atom stereocenters. The molecular weight excluding hydrogens is 447 g/mol. The van der Waals surface area contributed by atoms with Gasteiger partial charge in [0.05, 0.1) is 26.9 Å². The molecule has 0 spiro atoms. The molecule has 0 aliphatic heterocycles. The number of aromatic nitrogens is 3. The van der Waals surface area contributed by atoms with Crippen LogP contribution in [0.25, 0.3) is 11.0 Å². The molecule has 0 unspecified atom stereocenters. The number of rotatable bonds is 8. The second-order valence-corrected chi connectivity index (χ2v) is 14.5. The van der Waals surface area contributed by atoms with Crippen LogP contribution in [0.2, 0.25) is 35.7 Å². The SMILES string of the molecule is Cc1nn(COCC[Si](C)(C)C)c2ncc(Oc3c(Cl)cc([N+](=O)[O-])cc3Cl)cc12. The minimum absolute atomic E-state index is 0.0394. The van der Waals surface area contributed by atoms with E-state index in [1.54, 1.807) is 10.7 Å². The molecule has 30 heavy (non-hydrogen) atoms. The Hall–Kier alpha value is -2.20. The molecule has 0 fully saturated rings. The van der Waals surface area contributed by atoms with Gasteiger partial charge in [-0.3, -0.25) is 10.1 Å². The van der Waals surface area contributed by atoms with Crippen molar-refractivity contribution in [3.63, 3.8) is 0 Å². The van der Waals surface area contributed by atoms with E-state index in [4.69, 9.17) is 32.7 Å². The quantitative estimate of drug-likeness (QED) is 0.172. The van der Waals surface area contributed by atoms with Crippen molar-refractivity contribution < 1.29 is 14.4 Å². The summed E-state index contributed by atoms with van der Waals surface area (Å²) in [6.45, 7) is 9.79. The number of benzene rings is 1. The Morgan fingerprint density at radius 2 is 1.87 bits per heavy atom. The van der Waals surface area contributed by atoms with Gasteiger partial charge in [-0.05, 0) is 19.0 Å². The Balaban J connectivity index is 1.80. The summed E-state index contributed by atoms with van der Waals surface area (Å²) in [5, 5.41) is 16.3. The fourth-order valence-electron chi connectivity index (χ4n) is 2.74. The van der Waals surface area contributed by atoms with Crippen molar-refractivity contribution in [2.75, 3.05) is 6.61 Å². The fraction of sp³-hybridized carbons (Fsp3) is 0.368. The van der Waals surface area contributed by atoms with Crippen molar-refractivity contribution in [2.24, 2.45) is 0 Å². The first-order valence-electron chi connectivity index (χ1n) is 9.27. The number of hydrogen-bond acceptors (Lipinski definition) is 6. The van der Waals surface area contributed by atoms with Gasteiger partial charge in [0.15, 0.2) is 11.4 Å². The summed E-state index contributed by atoms with van der Waals surface area (Å²) in [4.78, 5) is 14.8. The second-order valence-electron chi connectivity index (χ2n) is 8.07. The molecule has 0 amide bonds. The number of nitrogens with zero attached hydrogens (tertiary/aromatic N) is 4. The third kappa shape index (κ3) is 5.28. The number of hydrogen-bond donors (Lipinski definition) is 0. The molecule has 160 valence electrons. The van der Waals surface area contributed by atoms with Gasteiger partial charge in [-0.1, -0.05) is 42.8 Å². The Kier molecular flexibility index (Phi) is 6.66. The zero-order valence-corrected chi connectivity index (χ0v) is 19.6. The summed E-state index contributed by atoms with van der Waals surface area (Å²) in [7, 11) is -1.15. The number of nitro groups is 1. The minimum atomic E-state index is -1.15. The van der Waals surface area contributed by atoms with Crippen LogP contribution < -0.4 is 4.74 Å². The van der Waals surface area contributed by atoms with Crippen LogP contribution in [-0.2, 0) is 11.5 Å². The average molecular weight is 469 g/mol. The predicted molar refractivity (Wildman–Crippen MR) is 120 cm³/mol. The first-order chi connectivity index (χ1) is 14.0. The summed E-state index contributed by atoms with van der Waals surface area (Å²) in [5.74, 6) is 0.521. The lowest BCUT2D eigenvalue weighted by Crippen LogP contribution is -2.22. The molecule has 3 rings (SSSR count). The number of non-ortho nitro benzene ring substituents is 1. The van der Waals surface area contributed by atoms with Gasteiger partial charge in [0.1, 0.15) is 12.5 Å².